The van der Waals surface area contributed by atoms with Gasteiger partial charge in [0, 0.05) is 6.04 Å². The maximum absolute atomic E-state index is 11.3. The van der Waals surface area contributed by atoms with Crippen LogP contribution >= 0.6 is 0 Å². The van der Waals surface area contributed by atoms with Crippen molar-refractivity contribution in [2.24, 2.45) is 0 Å². The van der Waals surface area contributed by atoms with Gasteiger partial charge in [0.25, 0.3) is 0 Å². The van der Waals surface area contributed by atoms with Gasteiger partial charge in [-0.05, 0) is 60.2 Å². The lowest BCUT2D eigenvalue weighted by Crippen LogP contribution is -2.50. The predicted molar refractivity (Wildman–Crippen MR) is 71.3 cm³/mol. The van der Waals surface area contributed by atoms with E-state index >= 15 is 0 Å². The summed E-state index contributed by atoms with van der Waals surface area (Å²) in [5, 5.41) is 12.4. The molecular weight excluding hydrogens is 216 g/mol. The van der Waals surface area contributed by atoms with Crippen molar-refractivity contribution in [2.45, 2.75) is 58.5 Å². The van der Waals surface area contributed by atoms with Crippen molar-refractivity contribution in [2.75, 3.05) is 20.1 Å². The summed E-state index contributed by atoms with van der Waals surface area (Å²) in [6.45, 7) is 9.80. The van der Waals surface area contributed by atoms with Crippen LogP contribution in [0.1, 0.15) is 47.0 Å². The molecule has 1 atom stereocenters. The minimum absolute atomic E-state index is 0.509. The Hall–Kier alpha value is -0.610. The largest absolute Gasteiger partial charge is 0.480 e. The normalized spacial score (nSPS) is 15.2. The average Bonchev–Trinajstić information content (AvgIpc) is 2.25. The van der Waals surface area contributed by atoms with Gasteiger partial charge >= 0.3 is 5.97 Å². The molecule has 0 aromatic carbocycles. The van der Waals surface area contributed by atoms with Gasteiger partial charge in [-0.25, -0.2) is 0 Å². The molecule has 0 aliphatic rings. The predicted octanol–water partition coefficient (Wildman–Crippen LogP) is 1.95. The Morgan fingerprint density at radius 1 is 1.47 bits per heavy atom. The molecule has 0 bridgehead atoms. The number of nitrogens with one attached hydrogen (secondary N) is 1. The minimum atomic E-state index is -0.784. The van der Waals surface area contributed by atoms with Crippen LogP contribution in [0.4, 0.5) is 0 Å². The molecule has 0 fully saturated rings. The van der Waals surface area contributed by atoms with Crippen LogP contribution < -0.4 is 5.32 Å². The Labute approximate surface area is 105 Å². The van der Waals surface area contributed by atoms with Crippen LogP contribution in [0.2, 0.25) is 0 Å². The number of hydrogen-bond acceptors (Lipinski definition) is 3. The molecule has 0 saturated heterocycles. The zero-order valence-corrected chi connectivity index (χ0v) is 11.9. The van der Waals surface area contributed by atoms with E-state index in [1.54, 1.807) is 6.92 Å². The van der Waals surface area contributed by atoms with E-state index in [9.17, 15) is 9.90 Å². The number of carboxylic acid groups (broad SMARTS) is 1. The fourth-order valence-corrected chi connectivity index (χ4v) is 1.61. The van der Waals surface area contributed by atoms with Crippen LogP contribution in [-0.4, -0.2) is 47.7 Å². The zero-order valence-electron chi connectivity index (χ0n) is 11.9. The zero-order chi connectivity index (χ0) is 13.5. The number of carboxylic acids is 1. The smallest absolute Gasteiger partial charge is 0.323 e. The topological polar surface area (TPSA) is 52.6 Å². The summed E-state index contributed by atoms with van der Waals surface area (Å²) < 4.78 is 0. The number of hydrogen-bond donors (Lipinski definition) is 2. The maximum atomic E-state index is 11.3. The van der Waals surface area contributed by atoms with Gasteiger partial charge in [0.1, 0.15) is 5.54 Å². The molecule has 0 saturated carbocycles. The van der Waals surface area contributed by atoms with E-state index in [1.807, 2.05) is 6.92 Å². The Morgan fingerprint density at radius 2 is 2.06 bits per heavy atom. The second-order valence-electron chi connectivity index (χ2n) is 5.24. The highest BCUT2D eigenvalue weighted by molar-refractivity contribution is 5.78. The summed E-state index contributed by atoms with van der Waals surface area (Å²) in [4.78, 5) is 13.5. The van der Waals surface area contributed by atoms with Crippen LogP contribution in [0.15, 0.2) is 0 Å². The summed E-state index contributed by atoms with van der Waals surface area (Å²) in [6.07, 6.45) is 2.52. The van der Waals surface area contributed by atoms with E-state index in [4.69, 9.17) is 0 Å². The minimum Gasteiger partial charge on any atom is -0.480 e. The van der Waals surface area contributed by atoms with Crippen molar-refractivity contribution in [1.29, 1.82) is 0 Å². The molecule has 0 heterocycles. The molecule has 2 N–H and O–H groups in total. The quantitative estimate of drug-likeness (QED) is 0.651. The Kier molecular flexibility index (Phi) is 7.39. The third-order valence-corrected chi connectivity index (χ3v) is 3.31. The van der Waals surface area contributed by atoms with Crippen LogP contribution in [0, 0.1) is 0 Å². The molecular formula is C13H28N2O2. The summed E-state index contributed by atoms with van der Waals surface area (Å²) in [6, 6.07) is 0.509. The van der Waals surface area contributed by atoms with Crippen molar-refractivity contribution in [1.82, 2.24) is 10.2 Å². The first-order valence-corrected chi connectivity index (χ1v) is 6.52. The highest BCUT2D eigenvalue weighted by Crippen LogP contribution is 2.13. The average molecular weight is 244 g/mol. The molecule has 0 aliphatic heterocycles. The molecule has 0 amide bonds. The van der Waals surface area contributed by atoms with Crippen molar-refractivity contribution < 1.29 is 9.90 Å². The number of nitrogens with zero attached hydrogens (tertiary/aromatic N) is 1. The van der Waals surface area contributed by atoms with Crippen LogP contribution in [-0.2, 0) is 4.79 Å². The molecule has 4 heteroatoms. The first-order valence-electron chi connectivity index (χ1n) is 6.52. The monoisotopic (exact) mass is 244 g/mol. The molecule has 0 aliphatic carbocycles. The van der Waals surface area contributed by atoms with Crippen molar-refractivity contribution in [3.63, 3.8) is 0 Å². The first-order chi connectivity index (χ1) is 7.83. The SMILES string of the molecule is CCCNC(C)(CCCN(C)C(C)C)C(=O)O. The van der Waals surface area contributed by atoms with Gasteiger partial charge in [-0.2, -0.15) is 0 Å². The van der Waals surface area contributed by atoms with Gasteiger partial charge in [-0.1, -0.05) is 6.92 Å². The van der Waals surface area contributed by atoms with Gasteiger partial charge in [0.2, 0.25) is 0 Å². The fourth-order valence-electron chi connectivity index (χ4n) is 1.61. The second-order valence-corrected chi connectivity index (χ2v) is 5.24. The summed E-state index contributed by atoms with van der Waals surface area (Å²) in [5.74, 6) is -0.752. The Balaban J connectivity index is 4.13. The third-order valence-electron chi connectivity index (χ3n) is 3.31. The highest BCUT2D eigenvalue weighted by Gasteiger charge is 2.31. The van der Waals surface area contributed by atoms with Crippen LogP contribution in [0.3, 0.4) is 0 Å². The van der Waals surface area contributed by atoms with Gasteiger partial charge in [-0.3, -0.25) is 4.79 Å². The number of carbonyl (C=O) groups is 1. The van der Waals surface area contributed by atoms with Gasteiger partial charge in [0.15, 0.2) is 0 Å². The fraction of sp³-hybridized carbons (Fsp3) is 0.923. The third kappa shape index (κ3) is 6.03. The van der Waals surface area contributed by atoms with E-state index < -0.39 is 11.5 Å². The van der Waals surface area contributed by atoms with Crippen molar-refractivity contribution >= 4 is 5.97 Å². The van der Waals surface area contributed by atoms with E-state index in [1.165, 1.54) is 0 Å². The Morgan fingerprint density at radius 3 is 2.47 bits per heavy atom. The lowest BCUT2D eigenvalue weighted by atomic mass is 9.95. The molecule has 0 spiro atoms. The molecule has 102 valence electrons. The Bertz CT molecular complexity index is 231. The van der Waals surface area contributed by atoms with Crippen LogP contribution in [0.25, 0.3) is 0 Å². The summed E-state index contributed by atoms with van der Waals surface area (Å²) >= 11 is 0. The van der Waals surface area contributed by atoms with E-state index in [2.05, 4.69) is 31.1 Å². The van der Waals surface area contributed by atoms with E-state index in [0.717, 1.165) is 25.9 Å². The van der Waals surface area contributed by atoms with Gasteiger partial charge in [-0.15, -0.1) is 0 Å². The first kappa shape index (κ1) is 16.4. The molecule has 0 rings (SSSR count). The van der Waals surface area contributed by atoms with Crippen molar-refractivity contribution in [3.05, 3.63) is 0 Å². The molecule has 0 radical (unpaired) electrons. The lowest BCUT2D eigenvalue weighted by molar-refractivity contribution is -0.144. The molecule has 1 unspecified atom stereocenters. The van der Waals surface area contributed by atoms with Gasteiger partial charge in [0.05, 0.1) is 0 Å². The summed E-state index contributed by atoms with van der Waals surface area (Å²) in [7, 11) is 2.07. The van der Waals surface area contributed by atoms with Gasteiger partial charge < -0.3 is 15.3 Å². The lowest BCUT2D eigenvalue weighted by Gasteiger charge is -2.28. The number of rotatable bonds is 9. The van der Waals surface area contributed by atoms with Crippen LogP contribution in [0.5, 0.6) is 0 Å². The molecule has 0 aromatic rings. The molecule has 4 nitrogen and oxygen atoms in total. The molecule has 17 heavy (non-hydrogen) atoms. The van der Waals surface area contributed by atoms with E-state index in [0.29, 0.717) is 12.5 Å². The van der Waals surface area contributed by atoms with Crippen molar-refractivity contribution in [3.8, 4) is 0 Å². The standard InChI is InChI=1S/C13H28N2O2/c1-6-9-14-13(4,12(16)17)8-7-10-15(5)11(2)3/h11,14H,6-10H2,1-5H3,(H,16,17). The maximum Gasteiger partial charge on any atom is 0.323 e. The summed E-state index contributed by atoms with van der Waals surface area (Å²) in [5.41, 5.74) is -0.784. The number of aliphatic carboxylic acids is 1. The second kappa shape index (κ2) is 7.67. The van der Waals surface area contributed by atoms with E-state index in [-0.39, 0.29) is 0 Å². The molecule has 0 aromatic heterocycles. The highest BCUT2D eigenvalue weighted by atomic mass is 16.4.